The van der Waals surface area contributed by atoms with E-state index in [9.17, 15) is 15.8 Å². The van der Waals surface area contributed by atoms with Gasteiger partial charge in [-0.3, -0.25) is 4.90 Å². The minimum atomic E-state index is -1.60. The van der Waals surface area contributed by atoms with Gasteiger partial charge in [-0.25, -0.2) is 0 Å². The Morgan fingerprint density at radius 1 is 1.21 bits per heavy atom. The van der Waals surface area contributed by atoms with E-state index >= 15 is 0 Å². The molecule has 0 unspecified atom stereocenters. The molecule has 3 aliphatic rings. The smallest absolute Gasteiger partial charge is 0.191 e. The van der Waals surface area contributed by atoms with Gasteiger partial charge in [-0.2, -0.15) is 15.8 Å². The summed E-state index contributed by atoms with van der Waals surface area (Å²) in [4.78, 5) is 2.30. The number of allylic oxidation sites excluding steroid dienone is 2. The molecule has 0 spiro atoms. The lowest BCUT2D eigenvalue weighted by molar-refractivity contribution is 0.160. The lowest BCUT2D eigenvalue weighted by atomic mass is 9.56. The van der Waals surface area contributed by atoms with E-state index in [1.165, 1.54) is 0 Å². The molecule has 140 valence electrons. The quantitative estimate of drug-likeness (QED) is 0.855. The Bertz CT molecular complexity index is 1000. The monoisotopic (exact) mass is 371 g/mol. The topological polar surface area (TPSA) is 110 Å². The molecule has 2 N–H and O–H groups in total. The molecule has 1 aliphatic carbocycles. The van der Waals surface area contributed by atoms with Crippen LogP contribution in [0.25, 0.3) is 0 Å². The fraction of sp³-hybridized carbons (Fsp3) is 0.409. The minimum Gasteiger partial charge on any atom is -0.497 e. The fourth-order valence-electron chi connectivity index (χ4n) is 5.30. The number of hydrogen-bond acceptors (Lipinski definition) is 6. The summed E-state index contributed by atoms with van der Waals surface area (Å²) in [6.07, 6.45) is 4.07. The molecule has 1 fully saturated rings. The average molecular weight is 371 g/mol. The Balaban J connectivity index is 2.04. The lowest BCUT2D eigenvalue weighted by Crippen LogP contribution is -2.51. The van der Waals surface area contributed by atoms with Crippen LogP contribution in [0.2, 0.25) is 0 Å². The van der Waals surface area contributed by atoms with Crippen LogP contribution in [0.1, 0.15) is 24.3 Å². The first-order valence-electron chi connectivity index (χ1n) is 9.33. The first-order chi connectivity index (χ1) is 13.5. The van der Waals surface area contributed by atoms with Crippen molar-refractivity contribution in [2.75, 3.05) is 14.2 Å². The van der Waals surface area contributed by atoms with E-state index in [2.05, 4.69) is 36.2 Å². The summed E-state index contributed by atoms with van der Waals surface area (Å²) in [5.41, 5.74) is 6.86. The first kappa shape index (κ1) is 18.1. The minimum absolute atomic E-state index is 0.0688. The number of likely N-dealkylation sites (N-methyl/N-ethyl adjacent to an activating group) is 1. The molecule has 6 heteroatoms. The van der Waals surface area contributed by atoms with Gasteiger partial charge in [0.2, 0.25) is 0 Å². The van der Waals surface area contributed by atoms with Crippen molar-refractivity contribution in [2.24, 2.45) is 17.1 Å². The Morgan fingerprint density at radius 2 is 1.96 bits per heavy atom. The van der Waals surface area contributed by atoms with Gasteiger partial charge in [0.15, 0.2) is 5.41 Å². The molecule has 2 aliphatic heterocycles. The van der Waals surface area contributed by atoms with E-state index in [-0.39, 0.29) is 23.7 Å². The highest BCUT2D eigenvalue weighted by atomic mass is 16.5. The van der Waals surface area contributed by atoms with Crippen molar-refractivity contribution in [3.63, 3.8) is 0 Å². The summed E-state index contributed by atoms with van der Waals surface area (Å²) in [6, 6.07) is 14.5. The normalized spacial score (nSPS) is 30.5. The molecule has 0 saturated carbocycles. The summed E-state index contributed by atoms with van der Waals surface area (Å²) in [7, 11) is 3.66. The maximum absolute atomic E-state index is 10.1. The van der Waals surface area contributed by atoms with Crippen LogP contribution in [0, 0.1) is 45.3 Å². The third-order valence-electron chi connectivity index (χ3n) is 6.68. The second-order valence-corrected chi connectivity index (χ2v) is 7.71. The van der Waals surface area contributed by atoms with Gasteiger partial charge in [0.25, 0.3) is 0 Å². The van der Waals surface area contributed by atoms with E-state index in [0.29, 0.717) is 11.3 Å². The van der Waals surface area contributed by atoms with E-state index < -0.39 is 11.3 Å². The number of benzene rings is 1. The van der Waals surface area contributed by atoms with Crippen molar-refractivity contribution < 1.29 is 4.74 Å². The summed E-state index contributed by atoms with van der Waals surface area (Å²) >= 11 is 0. The van der Waals surface area contributed by atoms with Crippen LogP contribution in [-0.2, 0) is 0 Å². The van der Waals surface area contributed by atoms with Gasteiger partial charge < -0.3 is 10.5 Å². The molecular formula is C22H21N5O. The van der Waals surface area contributed by atoms with Crippen LogP contribution >= 0.6 is 0 Å². The molecule has 2 heterocycles. The second-order valence-electron chi connectivity index (χ2n) is 7.71. The highest BCUT2D eigenvalue weighted by Gasteiger charge is 2.58. The van der Waals surface area contributed by atoms with Gasteiger partial charge in [0.1, 0.15) is 11.8 Å². The standard InChI is InChI=1S/C22H21N5O/c1-27-14-6-7-18(27)19-16(9-14)17(10-23)21(26)22(11-24,12-25)20(19)13-4-3-5-15(8-13)28-2/h3-5,8-9,14,18-20H,6-7,26H2,1-2H3/t14-,18-,19+,20-/m1/s1. The number of nitrogens with zero attached hydrogens (tertiary/aromatic N) is 4. The van der Waals surface area contributed by atoms with Gasteiger partial charge in [0, 0.05) is 23.9 Å². The summed E-state index contributed by atoms with van der Waals surface area (Å²) in [5.74, 6) is 0.0273. The zero-order valence-corrected chi connectivity index (χ0v) is 15.9. The van der Waals surface area contributed by atoms with Gasteiger partial charge in [0.05, 0.1) is 30.5 Å². The molecule has 1 aromatic rings. The molecule has 1 saturated heterocycles. The molecule has 2 bridgehead atoms. The first-order valence-corrected chi connectivity index (χ1v) is 9.33. The molecule has 1 aromatic carbocycles. The molecule has 0 aromatic heterocycles. The largest absolute Gasteiger partial charge is 0.497 e. The lowest BCUT2D eigenvalue weighted by Gasteiger charge is -2.48. The third-order valence-corrected chi connectivity index (χ3v) is 6.68. The van der Waals surface area contributed by atoms with Crippen molar-refractivity contribution in [1.82, 2.24) is 4.90 Å². The summed E-state index contributed by atoms with van der Waals surface area (Å²) in [6.45, 7) is 0. The highest BCUT2D eigenvalue weighted by Crippen LogP contribution is 2.58. The van der Waals surface area contributed by atoms with E-state index in [1.807, 2.05) is 24.3 Å². The van der Waals surface area contributed by atoms with Crippen LogP contribution in [0.5, 0.6) is 5.75 Å². The maximum atomic E-state index is 10.1. The van der Waals surface area contributed by atoms with Crippen molar-refractivity contribution in [3.05, 3.63) is 52.7 Å². The van der Waals surface area contributed by atoms with Crippen LogP contribution < -0.4 is 10.5 Å². The molecule has 4 rings (SSSR count). The Hall–Kier alpha value is -3.27. The number of rotatable bonds is 2. The van der Waals surface area contributed by atoms with Crippen molar-refractivity contribution >= 4 is 0 Å². The number of hydrogen-bond donors (Lipinski definition) is 1. The number of fused-ring (bicyclic) bond motifs is 4. The third kappa shape index (κ3) is 2.21. The Labute approximate surface area is 164 Å². The van der Waals surface area contributed by atoms with Crippen LogP contribution in [0.3, 0.4) is 0 Å². The zero-order valence-electron chi connectivity index (χ0n) is 15.9. The van der Waals surface area contributed by atoms with Crippen molar-refractivity contribution in [1.29, 1.82) is 15.8 Å². The van der Waals surface area contributed by atoms with E-state index in [1.54, 1.807) is 7.11 Å². The van der Waals surface area contributed by atoms with Crippen molar-refractivity contribution in [3.8, 4) is 24.0 Å². The van der Waals surface area contributed by atoms with Gasteiger partial charge in [-0.15, -0.1) is 0 Å². The Morgan fingerprint density at radius 3 is 2.61 bits per heavy atom. The highest BCUT2D eigenvalue weighted by molar-refractivity contribution is 5.60. The molecule has 0 amide bonds. The summed E-state index contributed by atoms with van der Waals surface area (Å²) in [5, 5.41) is 30.1. The van der Waals surface area contributed by atoms with Gasteiger partial charge >= 0.3 is 0 Å². The summed E-state index contributed by atoms with van der Waals surface area (Å²) < 4.78 is 5.38. The average Bonchev–Trinajstić information content (AvgIpc) is 2.96. The number of ether oxygens (including phenoxy) is 1. The van der Waals surface area contributed by atoms with Crippen LogP contribution in [0.15, 0.2) is 47.2 Å². The maximum Gasteiger partial charge on any atom is 0.191 e. The molecule has 28 heavy (non-hydrogen) atoms. The molecule has 0 radical (unpaired) electrons. The second kappa shape index (κ2) is 6.41. The van der Waals surface area contributed by atoms with Crippen molar-refractivity contribution in [2.45, 2.75) is 30.8 Å². The zero-order chi connectivity index (χ0) is 20.1. The van der Waals surface area contributed by atoms with Gasteiger partial charge in [-0.05, 0) is 43.2 Å². The van der Waals surface area contributed by atoms with Gasteiger partial charge in [-0.1, -0.05) is 18.2 Å². The van der Waals surface area contributed by atoms with E-state index in [4.69, 9.17) is 10.5 Å². The number of methoxy groups -OCH3 is 1. The SMILES string of the molecule is COc1cccc([C@@H]2[C@H]3C(=C[C@H]4CC[C@H]3N4C)C(C#N)=C(N)C2(C#N)C#N)c1. The molecule has 6 nitrogen and oxygen atoms in total. The molecular weight excluding hydrogens is 350 g/mol. The molecule has 4 atom stereocenters. The number of nitrogens with two attached hydrogens (primary N) is 1. The predicted molar refractivity (Wildman–Crippen MR) is 102 cm³/mol. The fourth-order valence-corrected chi connectivity index (χ4v) is 5.30. The Kier molecular flexibility index (Phi) is 4.15. The van der Waals surface area contributed by atoms with E-state index in [0.717, 1.165) is 24.0 Å². The van der Waals surface area contributed by atoms with Crippen LogP contribution in [0.4, 0.5) is 0 Å². The number of nitriles is 3. The predicted octanol–water partition coefficient (Wildman–Crippen LogP) is 2.58. The van der Waals surface area contributed by atoms with Crippen LogP contribution in [-0.4, -0.2) is 31.1 Å².